The molecule has 26 heavy (non-hydrogen) atoms. The van der Waals surface area contributed by atoms with Gasteiger partial charge in [-0.2, -0.15) is 0 Å². The van der Waals surface area contributed by atoms with E-state index in [0.717, 1.165) is 50.0 Å². The first kappa shape index (κ1) is 21.0. The van der Waals surface area contributed by atoms with Crippen LogP contribution in [0.1, 0.15) is 44.1 Å². The van der Waals surface area contributed by atoms with Crippen LogP contribution in [0.3, 0.4) is 0 Å². The Labute approximate surface area is 162 Å². The Morgan fingerprint density at radius 1 is 1.27 bits per heavy atom. The number of nitrogens with two attached hydrogens (primary N) is 1. The molecular weight excluding hydrogens is 352 g/mol. The first-order valence-corrected chi connectivity index (χ1v) is 9.44. The van der Waals surface area contributed by atoms with Crippen molar-refractivity contribution in [2.75, 3.05) is 20.3 Å². The van der Waals surface area contributed by atoms with E-state index in [4.69, 9.17) is 15.2 Å². The molecule has 1 aromatic rings. The van der Waals surface area contributed by atoms with Gasteiger partial charge < -0.3 is 20.1 Å². The maximum Gasteiger partial charge on any atom is 0.223 e. The molecule has 1 saturated carbocycles. The molecule has 0 radical (unpaired) electrons. The number of rotatable bonds is 7. The van der Waals surface area contributed by atoms with Crippen molar-refractivity contribution in [3.05, 3.63) is 29.8 Å². The number of ether oxygens (including phenoxy) is 2. The van der Waals surface area contributed by atoms with E-state index in [0.29, 0.717) is 25.4 Å². The molecule has 2 fully saturated rings. The standard InChI is InChI=1S/C20H30N2O3.ClH/c1-24-19-10-3-2-6-16(19)13-22(14-17-8-5-11-25-17)20(23)12-15-7-4-9-18(15)21;/h2-3,6,10,15,17-18H,4-5,7-9,11-14,21H2,1H3;1H/t15-,17?,18+;/m0./s1. The Morgan fingerprint density at radius 2 is 2.08 bits per heavy atom. The maximum absolute atomic E-state index is 13.0. The molecule has 1 aromatic carbocycles. The van der Waals surface area contributed by atoms with Crippen LogP contribution >= 0.6 is 12.4 Å². The van der Waals surface area contributed by atoms with Crippen molar-refractivity contribution in [3.8, 4) is 5.75 Å². The van der Waals surface area contributed by atoms with Gasteiger partial charge in [0.1, 0.15) is 5.75 Å². The molecule has 2 aliphatic rings. The second-order valence-corrected chi connectivity index (χ2v) is 7.28. The quantitative estimate of drug-likeness (QED) is 0.786. The van der Waals surface area contributed by atoms with E-state index in [1.165, 1.54) is 0 Å². The summed E-state index contributed by atoms with van der Waals surface area (Å²) in [5, 5.41) is 0. The van der Waals surface area contributed by atoms with Crippen LogP contribution in [-0.4, -0.2) is 43.2 Å². The molecule has 1 saturated heterocycles. The van der Waals surface area contributed by atoms with E-state index in [9.17, 15) is 4.79 Å². The van der Waals surface area contributed by atoms with E-state index in [-0.39, 0.29) is 30.5 Å². The number of para-hydroxylation sites is 1. The molecule has 2 N–H and O–H groups in total. The van der Waals surface area contributed by atoms with Gasteiger partial charge >= 0.3 is 0 Å². The van der Waals surface area contributed by atoms with Crippen LogP contribution in [0.2, 0.25) is 0 Å². The number of amides is 1. The van der Waals surface area contributed by atoms with Gasteiger partial charge in [0.15, 0.2) is 0 Å². The molecule has 0 aromatic heterocycles. The first-order chi connectivity index (χ1) is 12.2. The Bertz CT molecular complexity index is 578. The van der Waals surface area contributed by atoms with Crippen LogP contribution in [0.5, 0.6) is 5.75 Å². The molecule has 1 heterocycles. The minimum atomic E-state index is 0. The number of carbonyl (C=O) groups excluding carboxylic acids is 1. The topological polar surface area (TPSA) is 64.8 Å². The normalized spacial score (nSPS) is 24.9. The first-order valence-electron chi connectivity index (χ1n) is 9.44. The largest absolute Gasteiger partial charge is 0.496 e. The van der Waals surface area contributed by atoms with Crippen LogP contribution in [0.15, 0.2) is 24.3 Å². The van der Waals surface area contributed by atoms with Crippen molar-refractivity contribution >= 4 is 18.3 Å². The van der Waals surface area contributed by atoms with Crippen LogP contribution in [0.4, 0.5) is 0 Å². The van der Waals surface area contributed by atoms with Gasteiger partial charge in [-0.1, -0.05) is 24.6 Å². The molecule has 0 spiro atoms. The van der Waals surface area contributed by atoms with E-state index >= 15 is 0 Å². The summed E-state index contributed by atoms with van der Waals surface area (Å²) >= 11 is 0. The van der Waals surface area contributed by atoms with E-state index in [2.05, 4.69) is 0 Å². The molecule has 3 rings (SSSR count). The fourth-order valence-corrected chi connectivity index (χ4v) is 4.00. The van der Waals surface area contributed by atoms with Gasteiger partial charge in [-0.25, -0.2) is 0 Å². The highest BCUT2D eigenvalue weighted by Gasteiger charge is 2.30. The summed E-state index contributed by atoms with van der Waals surface area (Å²) in [5.41, 5.74) is 7.21. The zero-order chi connectivity index (χ0) is 17.6. The molecule has 3 atom stereocenters. The lowest BCUT2D eigenvalue weighted by Crippen LogP contribution is -2.39. The number of nitrogens with zero attached hydrogens (tertiary/aromatic N) is 1. The fraction of sp³-hybridized carbons (Fsp3) is 0.650. The highest BCUT2D eigenvalue weighted by atomic mass is 35.5. The zero-order valence-electron chi connectivity index (χ0n) is 15.6. The summed E-state index contributed by atoms with van der Waals surface area (Å²) in [7, 11) is 1.67. The Morgan fingerprint density at radius 3 is 2.73 bits per heavy atom. The Kier molecular flexibility index (Phi) is 8.19. The number of benzene rings is 1. The van der Waals surface area contributed by atoms with Crippen molar-refractivity contribution in [1.82, 2.24) is 4.90 Å². The average molecular weight is 383 g/mol. The molecule has 0 bridgehead atoms. The predicted octanol–water partition coefficient (Wildman–Crippen LogP) is 3.14. The fourth-order valence-electron chi connectivity index (χ4n) is 4.00. The second-order valence-electron chi connectivity index (χ2n) is 7.28. The molecule has 1 unspecified atom stereocenters. The van der Waals surface area contributed by atoms with Gasteiger partial charge in [-0.15, -0.1) is 12.4 Å². The highest BCUT2D eigenvalue weighted by molar-refractivity contribution is 5.85. The number of hydrogen-bond donors (Lipinski definition) is 1. The minimum Gasteiger partial charge on any atom is -0.496 e. The molecule has 1 aliphatic heterocycles. The van der Waals surface area contributed by atoms with Gasteiger partial charge in [0.25, 0.3) is 0 Å². The Hall–Kier alpha value is -1.30. The van der Waals surface area contributed by atoms with Gasteiger partial charge in [-0.05, 0) is 37.7 Å². The van der Waals surface area contributed by atoms with Gasteiger partial charge in [-0.3, -0.25) is 4.79 Å². The SMILES string of the molecule is COc1ccccc1CN(CC1CCCO1)C(=O)C[C@@H]1CCC[C@H]1N.Cl. The predicted molar refractivity (Wildman–Crippen MR) is 105 cm³/mol. The monoisotopic (exact) mass is 382 g/mol. The van der Waals surface area contributed by atoms with Crippen molar-refractivity contribution < 1.29 is 14.3 Å². The molecule has 1 amide bonds. The minimum absolute atomic E-state index is 0. The number of methoxy groups -OCH3 is 1. The third-order valence-corrected chi connectivity index (χ3v) is 5.51. The third kappa shape index (κ3) is 5.35. The summed E-state index contributed by atoms with van der Waals surface area (Å²) in [4.78, 5) is 15.0. The summed E-state index contributed by atoms with van der Waals surface area (Å²) in [6.07, 6.45) is 6.04. The van der Waals surface area contributed by atoms with Crippen molar-refractivity contribution in [1.29, 1.82) is 0 Å². The molecule has 146 valence electrons. The number of carbonyl (C=O) groups is 1. The molecule has 6 heteroatoms. The highest BCUT2D eigenvalue weighted by Crippen LogP contribution is 2.28. The molecule has 5 nitrogen and oxygen atoms in total. The second kappa shape index (κ2) is 10.1. The average Bonchev–Trinajstić information content (AvgIpc) is 3.27. The van der Waals surface area contributed by atoms with Gasteiger partial charge in [0.2, 0.25) is 5.91 Å². The van der Waals surface area contributed by atoms with E-state index in [1.807, 2.05) is 29.2 Å². The number of halogens is 1. The zero-order valence-corrected chi connectivity index (χ0v) is 16.4. The van der Waals surface area contributed by atoms with Crippen molar-refractivity contribution in [3.63, 3.8) is 0 Å². The third-order valence-electron chi connectivity index (χ3n) is 5.51. The number of hydrogen-bond acceptors (Lipinski definition) is 4. The summed E-state index contributed by atoms with van der Waals surface area (Å²) < 4.78 is 11.2. The summed E-state index contributed by atoms with van der Waals surface area (Å²) in [6, 6.07) is 8.07. The molecule has 1 aliphatic carbocycles. The summed E-state index contributed by atoms with van der Waals surface area (Å²) in [6.45, 7) is 2.01. The van der Waals surface area contributed by atoms with Gasteiger partial charge in [0.05, 0.1) is 13.2 Å². The van der Waals surface area contributed by atoms with E-state index < -0.39 is 0 Å². The smallest absolute Gasteiger partial charge is 0.223 e. The van der Waals surface area contributed by atoms with Crippen LogP contribution in [0.25, 0.3) is 0 Å². The Balaban J connectivity index is 0.00000243. The lowest BCUT2D eigenvalue weighted by atomic mass is 9.99. The van der Waals surface area contributed by atoms with Crippen molar-refractivity contribution in [2.45, 2.75) is 57.2 Å². The van der Waals surface area contributed by atoms with Crippen LogP contribution < -0.4 is 10.5 Å². The lowest BCUT2D eigenvalue weighted by Gasteiger charge is -2.28. The molecular formula is C20H31ClN2O3. The summed E-state index contributed by atoms with van der Waals surface area (Å²) in [5.74, 6) is 1.33. The maximum atomic E-state index is 13.0. The lowest BCUT2D eigenvalue weighted by molar-refractivity contribution is -0.134. The van der Waals surface area contributed by atoms with Crippen LogP contribution in [0, 0.1) is 5.92 Å². The van der Waals surface area contributed by atoms with Gasteiger partial charge in [0, 0.05) is 37.7 Å². The van der Waals surface area contributed by atoms with Crippen LogP contribution in [-0.2, 0) is 16.1 Å². The van der Waals surface area contributed by atoms with Crippen molar-refractivity contribution in [2.24, 2.45) is 11.7 Å². The van der Waals surface area contributed by atoms with E-state index in [1.54, 1.807) is 7.11 Å².